The first-order valence-corrected chi connectivity index (χ1v) is 12.4. The standard InChI is InChI=1S/C24H24Cl2N2O4S/c1-32-23-14-13-19(25)16-22(23)28(33(30,31)20-10-3-2-4-11-20)17-24(29)27-15-7-9-18-8-5-6-12-21(18)26/h2-6,8,10-14,16H,7,9,15,17H2,1H3,(H,27,29). The minimum absolute atomic E-state index is 0.0542. The normalized spacial score (nSPS) is 11.1. The molecule has 0 unspecified atom stereocenters. The molecule has 0 spiro atoms. The quantitative estimate of drug-likeness (QED) is 0.394. The van der Waals surface area contributed by atoms with E-state index in [2.05, 4.69) is 5.32 Å². The van der Waals surface area contributed by atoms with Crippen molar-refractivity contribution in [3.8, 4) is 5.75 Å². The number of aryl methyl sites for hydroxylation is 1. The molecule has 0 aromatic heterocycles. The van der Waals surface area contributed by atoms with Gasteiger partial charge in [-0.3, -0.25) is 9.10 Å². The molecular formula is C24H24Cl2N2O4S. The molecule has 3 aromatic carbocycles. The summed E-state index contributed by atoms with van der Waals surface area (Å²) in [6.07, 6.45) is 1.34. The average Bonchev–Trinajstić information content (AvgIpc) is 2.82. The van der Waals surface area contributed by atoms with E-state index in [0.29, 0.717) is 29.4 Å². The lowest BCUT2D eigenvalue weighted by molar-refractivity contribution is -0.119. The van der Waals surface area contributed by atoms with Crippen LogP contribution < -0.4 is 14.4 Å². The fourth-order valence-corrected chi connectivity index (χ4v) is 5.11. The highest BCUT2D eigenvalue weighted by molar-refractivity contribution is 7.92. The summed E-state index contributed by atoms with van der Waals surface area (Å²) in [5, 5.41) is 3.78. The monoisotopic (exact) mass is 506 g/mol. The molecule has 0 heterocycles. The smallest absolute Gasteiger partial charge is 0.264 e. The van der Waals surface area contributed by atoms with E-state index in [9.17, 15) is 13.2 Å². The Morgan fingerprint density at radius 3 is 2.39 bits per heavy atom. The maximum absolute atomic E-state index is 13.4. The molecule has 174 valence electrons. The zero-order valence-electron chi connectivity index (χ0n) is 18.0. The topological polar surface area (TPSA) is 75.7 Å². The van der Waals surface area contributed by atoms with Gasteiger partial charge in [-0.2, -0.15) is 0 Å². The zero-order chi connectivity index (χ0) is 23.8. The predicted molar refractivity (Wildman–Crippen MR) is 132 cm³/mol. The molecule has 0 bridgehead atoms. The Balaban J connectivity index is 1.78. The summed E-state index contributed by atoms with van der Waals surface area (Å²) in [7, 11) is -2.64. The highest BCUT2D eigenvalue weighted by atomic mass is 35.5. The Bertz CT molecular complexity index is 1200. The lowest BCUT2D eigenvalue weighted by Crippen LogP contribution is -2.41. The van der Waals surface area contributed by atoms with Crippen molar-refractivity contribution in [2.75, 3.05) is 24.5 Å². The van der Waals surface area contributed by atoms with E-state index in [0.717, 1.165) is 9.87 Å². The van der Waals surface area contributed by atoms with Crippen molar-refractivity contribution in [1.82, 2.24) is 5.32 Å². The lowest BCUT2D eigenvalue weighted by Gasteiger charge is -2.26. The van der Waals surface area contributed by atoms with Gasteiger partial charge in [0.1, 0.15) is 12.3 Å². The molecule has 0 aliphatic rings. The molecule has 0 saturated carbocycles. The number of sulfonamides is 1. The Labute approximate surface area is 204 Å². The van der Waals surface area contributed by atoms with Crippen LogP contribution in [-0.4, -0.2) is 34.5 Å². The van der Waals surface area contributed by atoms with Gasteiger partial charge in [-0.1, -0.05) is 59.6 Å². The first kappa shape index (κ1) is 24.9. The first-order valence-electron chi connectivity index (χ1n) is 10.2. The van der Waals surface area contributed by atoms with Gasteiger partial charge in [0, 0.05) is 16.6 Å². The van der Waals surface area contributed by atoms with E-state index < -0.39 is 22.5 Å². The van der Waals surface area contributed by atoms with Crippen LogP contribution in [0.15, 0.2) is 77.7 Å². The van der Waals surface area contributed by atoms with E-state index in [4.69, 9.17) is 27.9 Å². The van der Waals surface area contributed by atoms with Gasteiger partial charge in [0.2, 0.25) is 5.91 Å². The molecule has 0 aliphatic heterocycles. The van der Waals surface area contributed by atoms with E-state index in [1.165, 1.54) is 25.3 Å². The van der Waals surface area contributed by atoms with Crippen molar-refractivity contribution in [2.24, 2.45) is 0 Å². The number of nitrogens with one attached hydrogen (secondary N) is 1. The number of methoxy groups -OCH3 is 1. The summed E-state index contributed by atoms with van der Waals surface area (Å²) in [6.45, 7) is -0.0595. The number of hydrogen-bond acceptors (Lipinski definition) is 4. The van der Waals surface area contributed by atoms with Crippen LogP contribution in [0.1, 0.15) is 12.0 Å². The highest BCUT2D eigenvalue weighted by Crippen LogP contribution is 2.34. The molecule has 1 N–H and O–H groups in total. The van der Waals surface area contributed by atoms with Crippen molar-refractivity contribution in [1.29, 1.82) is 0 Å². The van der Waals surface area contributed by atoms with Crippen molar-refractivity contribution in [3.63, 3.8) is 0 Å². The van der Waals surface area contributed by atoms with Crippen molar-refractivity contribution in [3.05, 3.63) is 88.4 Å². The first-order chi connectivity index (χ1) is 15.8. The second kappa shape index (κ2) is 11.4. The predicted octanol–water partition coefficient (Wildman–Crippen LogP) is 4.95. The third-order valence-electron chi connectivity index (χ3n) is 4.93. The molecule has 3 aromatic rings. The second-order valence-electron chi connectivity index (χ2n) is 7.19. The number of ether oxygens (including phenoxy) is 1. The Kier molecular flexibility index (Phi) is 8.61. The largest absolute Gasteiger partial charge is 0.495 e. The van der Waals surface area contributed by atoms with E-state index in [1.54, 1.807) is 30.3 Å². The van der Waals surface area contributed by atoms with Gasteiger partial charge in [0.05, 0.1) is 17.7 Å². The number of benzene rings is 3. The summed E-state index contributed by atoms with van der Waals surface area (Å²) in [6, 6.07) is 20.0. The summed E-state index contributed by atoms with van der Waals surface area (Å²) in [4.78, 5) is 12.8. The molecule has 3 rings (SSSR count). The SMILES string of the molecule is COc1ccc(Cl)cc1N(CC(=O)NCCCc1ccccc1Cl)S(=O)(=O)c1ccccc1. The van der Waals surface area contributed by atoms with Gasteiger partial charge in [0.25, 0.3) is 10.0 Å². The molecule has 0 fully saturated rings. The third kappa shape index (κ3) is 6.41. The number of carbonyl (C=O) groups excluding carboxylic acids is 1. The zero-order valence-corrected chi connectivity index (χ0v) is 20.3. The van der Waals surface area contributed by atoms with Crippen LogP contribution in [0.2, 0.25) is 10.0 Å². The molecule has 6 nitrogen and oxygen atoms in total. The van der Waals surface area contributed by atoms with Crippen LogP contribution >= 0.6 is 23.2 Å². The fraction of sp³-hybridized carbons (Fsp3) is 0.208. The van der Waals surface area contributed by atoms with E-state index in [1.807, 2.05) is 24.3 Å². The van der Waals surface area contributed by atoms with Gasteiger partial charge in [0.15, 0.2) is 0 Å². The fourth-order valence-electron chi connectivity index (χ4n) is 3.27. The molecule has 0 atom stereocenters. The summed E-state index contributed by atoms with van der Waals surface area (Å²) in [5.41, 5.74) is 1.17. The van der Waals surface area contributed by atoms with Crippen molar-refractivity contribution in [2.45, 2.75) is 17.7 Å². The average molecular weight is 507 g/mol. The maximum atomic E-state index is 13.4. The van der Waals surface area contributed by atoms with Crippen molar-refractivity contribution < 1.29 is 17.9 Å². The molecule has 9 heteroatoms. The van der Waals surface area contributed by atoms with Gasteiger partial charge >= 0.3 is 0 Å². The summed E-state index contributed by atoms with van der Waals surface area (Å²) >= 11 is 12.3. The summed E-state index contributed by atoms with van der Waals surface area (Å²) < 4.78 is 33.2. The second-order valence-corrected chi connectivity index (χ2v) is 9.89. The Morgan fingerprint density at radius 2 is 1.70 bits per heavy atom. The molecule has 0 saturated heterocycles. The molecular weight excluding hydrogens is 483 g/mol. The molecule has 1 amide bonds. The van der Waals surface area contributed by atoms with Gasteiger partial charge in [-0.05, 0) is 54.8 Å². The molecule has 0 aliphatic carbocycles. The van der Waals surface area contributed by atoms with Crippen molar-refractivity contribution >= 4 is 44.8 Å². The number of rotatable bonds is 10. The highest BCUT2D eigenvalue weighted by Gasteiger charge is 2.29. The molecule has 33 heavy (non-hydrogen) atoms. The molecule has 0 radical (unpaired) electrons. The van der Waals surface area contributed by atoms with Crippen LogP contribution in [0, 0.1) is 0 Å². The summed E-state index contributed by atoms with van der Waals surface area (Å²) in [5.74, 6) is -0.166. The number of carbonyl (C=O) groups is 1. The van der Waals surface area contributed by atoms with Crippen LogP contribution in [0.25, 0.3) is 0 Å². The van der Waals surface area contributed by atoms with Gasteiger partial charge in [-0.25, -0.2) is 8.42 Å². The van der Waals surface area contributed by atoms with Crippen LogP contribution in [0.3, 0.4) is 0 Å². The number of nitrogens with zero attached hydrogens (tertiary/aromatic N) is 1. The van der Waals surface area contributed by atoms with Crippen LogP contribution in [0.5, 0.6) is 5.75 Å². The number of amides is 1. The Hall–Kier alpha value is -2.74. The number of halogens is 2. The maximum Gasteiger partial charge on any atom is 0.264 e. The van der Waals surface area contributed by atoms with Gasteiger partial charge in [-0.15, -0.1) is 0 Å². The number of hydrogen-bond donors (Lipinski definition) is 1. The van der Waals surface area contributed by atoms with Gasteiger partial charge < -0.3 is 10.1 Å². The third-order valence-corrected chi connectivity index (χ3v) is 7.31. The lowest BCUT2D eigenvalue weighted by atomic mass is 10.1. The minimum atomic E-state index is -4.06. The number of anilines is 1. The minimum Gasteiger partial charge on any atom is -0.495 e. The van der Waals surface area contributed by atoms with Crippen LogP contribution in [0.4, 0.5) is 5.69 Å². The van der Waals surface area contributed by atoms with Crippen LogP contribution in [-0.2, 0) is 21.2 Å². The Morgan fingerprint density at radius 1 is 1.00 bits per heavy atom. The van der Waals surface area contributed by atoms with E-state index in [-0.39, 0.29) is 16.3 Å². The van der Waals surface area contributed by atoms with E-state index >= 15 is 0 Å².